The molecule has 9 nitrogen and oxygen atoms in total. The molecule has 0 saturated carbocycles. The third kappa shape index (κ3) is 13.8. The number of rotatable bonds is 21. The summed E-state index contributed by atoms with van der Waals surface area (Å²) >= 11 is 0. The van der Waals surface area contributed by atoms with E-state index in [1.807, 2.05) is 25.4 Å². The number of hydrogen-bond acceptors (Lipinski definition) is 7. The molecule has 0 saturated heterocycles. The van der Waals surface area contributed by atoms with E-state index in [-0.39, 0.29) is 34.1 Å². The summed E-state index contributed by atoms with van der Waals surface area (Å²) in [5.41, 5.74) is 5.83. The van der Waals surface area contributed by atoms with Gasteiger partial charge < -0.3 is 29.9 Å². The van der Waals surface area contributed by atoms with E-state index in [0.29, 0.717) is 37.1 Å². The van der Waals surface area contributed by atoms with Crippen molar-refractivity contribution in [1.82, 2.24) is 20.6 Å². The van der Waals surface area contributed by atoms with E-state index in [1.165, 1.54) is 30.4 Å². The Morgan fingerprint density at radius 1 is 0.964 bits per heavy atom. The molecule has 9 heteroatoms. The Labute approximate surface area is 328 Å². The SMILES string of the molecule is C=C(CCc1ccc2c(c1)[nH]c1ccncc12)NCC(C)(C)COCC(C)(C)COc1cccc(C(C)=O)c1C(=O)NC(C)CCC(=C)C(C)CC.CC=O. The zero-order chi connectivity index (χ0) is 40.8. The van der Waals surface area contributed by atoms with Crippen molar-refractivity contribution in [1.29, 1.82) is 0 Å². The predicted octanol–water partition coefficient (Wildman–Crippen LogP) is 9.81. The molecule has 2 atom stereocenters. The van der Waals surface area contributed by atoms with Crippen molar-refractivity contribution in [2.75, 3.05) is 26.4 Å². The first kappa shape index (κ1) is 44.6. The smallest absolute Gasteiger partial charge is 0.255 e. The number of amides is 1. The second-order valence-electron chi connectivity index (χ2n) is 16.3. The van der Waals surface area contributed by atoms with Crippen molar-refractivity contribution in [2.45, 2.75) is 100 Å². The van der Waals surface area contributed by atoms with Crippen LogP contribution in [0.5, 0.6) is 5.75 Å². The summed E-state index contributed by atoms with van der Waals surface area (Å²) in [7, 11) is 0. The molecule has 2 heterocycles. The van der Waals surface area contributed by atoms with E-state index >= 15 is 0 Å². The summed E-state index contributed by atoms with van der Waals surface area (Å²) in [6.45, 7) is 28.3. The number of pyridine rings is 1. The molecular formula is C46H64N4O5. The largest absolute Gasteiger partial charge is 0.492 e. The van der Waals surface area contributed by atoms with Crippen molar-refractivity contribution < 1.29 is 23.9 Å². The van der Waals surface area contributed by atoms with Crippen molar-refractivity contribution >= 4 is 39.8 Å². The lowest BCUT2D eigenvalue weighted by Gasteiger charge is -2.30. The summed E-state index contributed by atoms with van der Waals surface area (Å²) in [6, 6.07) is 13.7. The normalized spacial score (nSPS) is 12.7. The fourth-order valence-corrected chi connectivity index (χ4v) is 6.15. The van der Waals surface area contributed by atoms with Crippen LogP contribution in [-0.4, -0.2) is 60.4 Å². The fraction of sp³-hybridized carbons (Fsp3) is 0.478. The van der Waals surface area contributed by atoms with E-state index in [9.17, 15) is 9.59 Å². The van der Waals surface area contributed by atoms with Crippen molar-refractivity contribution in [2.24, 2.45) is 16.7 Å². The number of benzene rings is 2. The van der Waals surface area contributed by atoms with Crippen LogP contribution in [-0.2, 0) is 16.0 Å². The third-order valence-electron chi connectivity index (χ3n) is 9.82. The van der Waals surface area contributed by atoms with Crippen LogP contribution in [0.2, 0.25) is 0 Å². The number of nitrogens with zero attached hydrogens (tertiary/aromatic N) is 1. The molecular weight excluding hydrogens is 689 g/mol. The van der Waals surface area contributed by atoms with Gasteiger partial charge in [-0.2, -0.15) is 0 Å². The minimum absolute atomic E-state index is 0.0832. The second-order valence-corrected chi connectivity index (χ2v) is 16.3. The number of ketones is 1. The van der Waals surface area contributed by atoms with Crippen LogP contribution in [0.15, 0.2) is 79.3 Å². The van der Waals surface area contributed by atoms with Crippen molar-refractivity contribution in [3.8, 4) is 5.75 Å². The van der Waals surface area contributed by atoms with Crippen LogP contribution in [0.25, 0.3) is 21.8 Å². The maximum absolute atomic E-state index is 13.5. The Kier molecular flexibility index (Phi) is 16.9. The number of carbonyl (C=O) groups excluding carboxylic acids is 3. The van der Waals surface area contributed by atoms with Gasteiger partial charge in [0.1, 0.15) is 12.0 Å². The molecule has 2 aromatic heterocycles. The highest BCUT2D eigenvalue weighted by Gasteiger charge is 2.26. The maximum atomic E-state index is 13.5. The van der Waals surface area contributed by atoms with Gasteiger partial charge in [0.2, 0.25) is 0 Å². The Morgan fingerprint density at radius 3 is 2.36 bits per heavy atom. The number of aromatic nitrogens is 2. The molecule has 0 aliphatic rings. The average Bonchev–Trinajstić information content (AvgIpc) is 3.52. The quantitative estimate of drug-likeness (QED) is 0.0440. The highest BCUT2D eigenvalue weighted by molar-refractivity contribution is 6.09. The van der Waals surface area contributed by atoms with Gasteiger partial charge in [0.15, 0.2) is 5.78 Å². The van der Waals surface area contributed by atoms with Gasteiger partial charge in [-0.05, 0) is 82.6 Å². The number of fused-ring (bicyclic) bond motifs is 3. The molecule has 0 radical (unpaired) electrons. The number of allylic oxidation sites excluding steroid dienone is 2. The Hall–Kier alpha value is -4.76. The maximum Gasteiger partial charge on any atom is 0.255 e. The molecule has 4 rings (SSSR count). The first-order chi connectivity index (χ1) is 26.0. The lowest BCUT2D eigenvalue weighted by Crippen LogP contribution is -2.36. The molecule has 2 aromatic carbocycles. The predicted molar refractivity (Wildman–Crippen MR) is 226 cm³/mol. The summed E-state index contributed by atoms with van der Waals surface area (Å²) in [4.78, 5) is 42.7. The molecule has 4 aromatic rings. The van der Waals surface area contributed by atoms with Crippen LogP contribution in [0, 0.1) is 16.7 Å². The number of H-pyrrole nitrogens is 1. The highest BCUT2D eigenvalue weighted by atomic mass is 16.5. The Balaban J connectivity index is 0.00000262. The van der Waals surface area contributed by atoms with E-state index in [4.69, 9.17) is 14.3 Å². The average molecular weight is 753 g/mol. The van der Waals surface area contributed by atoms with Crippen LogP contribution in [0.3, 0.4) is 0 Å². The number of ether oxygens (including phenoxy) is 2. The molecule has 298 valence electrons. The number of carbonyl (C=O) groups is 3. The molecule has 55 heavy (non-hydrogen) atoms. The van der Waals surface area contributed by atoms with E-state index < -0.39 is 0 Å². The van der Waals surface area contributed by atoms with E-state index in [0.717, 1.165) is 67.1 Å². The van der Waals surface area contributed by atoms with Gasteiger partial charge >= 0.3 is 0 Å². The van der Waals surface area contributed by atoms with Crippen LogP contribution < -0.4 is 15.4 Å². The lowest BCUT2D eigenvalue weighted by molar-refractivity contribution is -0.106. The molecule has 1 amide bonds. The number of Topliss-reactive ketones (excluding diaryl/α,β-unsaturated/α-hetero) is 1. The fourth-order valence-electron chi connectivity index (χ4n) is 6.15. The Bertz CT molecular complexity index is 1920. The number of aryl methyl sites for hydroxylation is 1. The molecule has 0 bridgehead atoms. The zero-order valence-corrected chi connectivity index (χ0v) is 34.7. The summed E-state index contributed by atoms with van der Waals surface area (Å²) in [5.74, 6) is 0.361. The molecule has 0 fully saturated rings. The summed E-state index contributed by atoms with van der Waals surface area (Å²) < 4.78 is 12.5. The second kappa shape index (κ2) is 20.8. The van der Waals surface area contributed by atoms with Crippen molar-refractivity contribution in [3.63, 3.8) is 0 Å². The highest BCUT2D eigenvalue weighted by Crippen LogP contribution is 2.28. The monoisotopic (exact) mass is 752 g/mol. The number of nitrogens with one attached hydrogen (secondary N) is 3. The topological polar surface area (TPSA) is 122 Å². The standard InChI is InChI=1S/C44H60N4O4.C2H4O/c1-11-29(2)30(3)15-16-32(5)47-42(50)41-35(33(6)49)13-12-14-40(41)52-28-44(9,10)27-51-26-43(7,8)25-46-31(4)17-18-34-19-20-36-37-24-45-22-21-38(37)48-39(36)23-34;1-2-3/h12-14,19-24,29,32,46,48H,3-4,11,15-18,25-28H2,1-2,5-10H3,(H,47,50);2H,1H3. The molecule has 3 N–H and O–H groups in total. The van der Waals surface area contributed by atoms with Crippen LogP contribution in [0.4, 0.5) is 0 Å². The lowest BCUT2D eigenvalue weighted by atomic mass is 9.93. The molecule has 0 aliphatic heterocycles. The minimum atomic E-state index is -0.348. The van der Waals surface area contributed by atoms with Gasteiger partial charge in [0.05, 0.1) is 25.4 Å². The van der Waals surface area contributed by atoms with Gasteiger partial charge in [-0.25, -0.2) is 0 Å². The van der Waals surface area contributed by atoms with E-state index in [1.54, 1.807) is 18.2 Å². The minimum Gasteiger partial charge on any atom is -0.492 e. The molecule has 2 unspecified atom stereocenters. The van der Waals surface area contributed by atoms with Gasteiger partial charge in [-0.1, -0.05) is 84.5 Å². The van der Waals surface area contributed by atoms with Gasteiger partial charge in [0.25, 0.3) is 5.91 Å². The van der Waals surface area contributed by atoms with E-state index in [2.05, 4.69) is 93.5 Å². The number of aldehydes is 1. The van der Waals surface area contributed by atoms with Crippen LogP contribution >= 0.6 is 0 Å². The Morgan fingerprint density at radius 2 is 1.67 bits per heavy atom. The summed E-state index contributed by atoms with van der Waals surface area (Å²) in [5, 5.41) is 8.95. The van der Waals surface area contributed by atoms with Gasteiger partial charge in [-0.3, -0.25) is 14.6 Å². The van der Waals surface area contributed by atoms with Crippen LogP contribution in [0.1, 0.15) is 114 Å². The number of aromatic amines is 1. The number of hydrogen-bond donors (Lipinski definition) is 3. The molecule has 0 spiro atoms. The first-order valence-electron chi connectivity index (χ1n) is 19.5. The van der Waals surface area contributed by atoms with Gasteiger partial charge in [0, 0.05) is 68.9 Å². The molecule has 0 aliphatic carbocycles. The van der Waals surface area contributed by atoms with Crippen molar-refractivity contribution in [3.05, 3.63) is 96.0 Å². The van der Waals surface area contributed by atoms with Gasteiger partial charge in [-0.15, -0.1) is 0 Å². The summed E-state index contributed by atoms with van der Waals surface area (Å²) in [6.07, 6.45) is 8.86. The zero-order valence-electron chi connectivity index (χ0n) is 34.7. The first-order valence-corrected chi connectivity index (χ1v) is 19.5. The third-order valence-corrected chi connectivity index (χ3v) is 9.82.